The zero-order valence-corrected chi connectivity index (χ0v) is 24.3. The molecule has 2 saturated heterocycles. The van der Waals surface area contributed by atoms with Gasteiger partial charge < -0.3 is 33.2 Å². The lowest BCUT2D eigenvalue weighted by Crippen LogP contribution is -2.63. The van der Waals surface area contributed by atoms with E-state index in [1.807, 2.05) is 84.9 Å². The van der Waals surface area contributed by atoms with Crippen LogP contribution < -0.4 is 0 Å². The van der Waals surface area contributed by atoms with Crippen LogP contribution in [0.5, 0.6) is 0 Å². The van der Waals surface area contributed by atoms with Gasteiger partial charge in [-0.15, -0.1) is 0 Å². The van der Waals surface area contributed by atoms with E-state index < -0.39 is 43.2 Å². The molecule has 44 heavy (non-hydrogen) atoms. The lowest BCUT2D eigenvalue weighted by Gasteiger charge is -2.48. The average molecular weight is 595 g/mol. The Balaban J connectivity index is 1.12. The van der Waals surface area contributed by atoms with Crippen molar-refractivity contribution in [3.05, 3.63) is 131 Å². The summed E-state index contributed by atoms with van der Waals surface area (Å²) in [7, 11) is 1.53. The first-order valence-electron chi connectivity index (χ1n) is 14.9. The van der Waals surface area contributed by atoms with Crippen LogP contribution in [-0.4, -0.2) is 57.2 Å². The Morgan fingerprint density at radius 2 is 1.41 bits per heavy atom. The molecule has 2 heterocycles. The SMILES string of the molecule is CO[C@H]1O[C@@H]2COC(c3ccccc3)O[C@H]2[C@H](OC(=O)OCC2c3ccccc3-c3ccccc32)[C@H]1OCc1ccccc1. The van der Waals surface area contributed by atoms with Gasteiger partial charge in [0.05, 0.1) is 13.2 Å². The van der Waals surface area contributed by atoms with Crippen molar-refractivity contribution < 1.29 is 38.0 Å². The highest BCUT2D eigenvalue weighted by atomic mass is 16.8. The maximum absolute atomic E-state index is 13.5. The molecule has 3 aliphatic rings. The van der Waals surface area contributed by atoms with Crippen LogP contribution in [0.25, 0.3) is 11.1 Å². The molecule has 1 unspecified atom stereocenters. The molecule has 0 amide bonds. The van der Waals surface area contributed by atoms with Crippen molar-refractivity contribution >= 4 is 6.16 Å². The van der Waals surface area contributed by atoms with Crippen molar-refractivity contribution in [2.75, 3.05) is 20.3 Å². The highest BCUT2D eigenvalue weighted by Crippen LogP contribution is 2.44. The van der Waals surface area contributed by atoms with Gasteiger partial charge in [0.2, 0.25) is 0 Å². The van der Waals surface area contributed by atoms with E-state index in [0.29, 0.717) is 0 Å². The lowest BCUT2D eigenvalue weighted by molar-refractivity contribution is -0.363. The first-order valence-corrected chi connectivity index (χ1v) is 14.9. The van der Waals surface area contributed by atoms with Crippen molar-refractivity contribution in [2.45, 2.75) is 49.5 Å². The summed E-state index contributed by atoms with van der Waals surface area (Å²) in [4.78, 5) is 13.5. The van der Waals surface area contributed by atoms with Gasteiger partial charge in [0.1, 0.15) is 24.9 Å². The van der Waals surface area contributed by atoms with Crippen molar-refractivity contribution in [3.8, 4) is 11.1 Å². The predicted molar refractivity (Wildman–Crippen MR) is 161 cm³/mol. The fourth-order valence-electron chi connectivity index (χ4n) is 6.33. The van der Waals surface area contributed by atoms with Crippen LogP contribution in [0.1, 0.15) is 34.5 Å². The molecule has 2 aliphatic heterocycles. The van der Waals surface area contributed by atoms with Crippen LogP contribution in [-0.2, 0) is 39.8 Å². The standard InChI is InChI=1S/C36H34O8/c1-38-35-33(39-20-23-12-4-2-5-13-23)32(31-30(42-35)22-40-34(43-31)24-14-6-3-7-15-24)44-36(37)41-21-29-27-18-10-8-16-25(27)26-17-9-11-19-28(26)29/h2-19,29-35H,20-22H2,1H3/t30-,31-,32+,33-,34?,35+/m1/s1. The Labute approximate surface area is 256 Å². The fraction of sp³-hybridized carbons (Fsp3) is 0.306. The van der Waals surface area contributed by atoms with Gasteiger partial charge in [0, 0.05) is 18.6 Å². The maximum Gasteiger partial charge on any atom is 0.508 e. The van der Waals surface area contributed by atoms with Gasteiger partial charge in [-0.3, -0.25) is 0 Å². The summed E-state index contributed by atoms with van der Waals surface area (Å²) >= 11 is 0. The molecule has 0 saturated carbocycles. The van der Waals surface area contributed by atoms with Crippen molar-refractivity contribution in [1.29, 1.82) is 0 Å². The minimum atomic E-state index is -0.895. The minimum absolute atomic E-state index is 0.101. The molecule has 4 aromatic rings. The molecule has 8 nitrogen and oxygen atoms in total. The van der Waals surface area contributed by atoms with Gasteiger partial charge in [0.15, 0.2) is 18.7 Å². The summed E-state index contributed by atoms with van der Waals surface area (Å²) in [6.07, 6.45) is -5.24. The van der Waals surface area contributed by atoms with E-state index in [2.05, 4.69) is 24.3 Å². The summed E-state index contributed by atoms with van der Waals surface area (Å²) in [6, 6.07) is 35.8. The van der Waals surface area contributed by atoms with Gasteiger partial charge >= 0.3 is 6.16 Å². The minimum Gasteiger partial charge on any atom is -0.433 e. The molecule has 0 aromatic heterocycles. The monoisotopic (exact) mass is 594 g/mol. The number of methoxy groups -OCH3 is 1. The number of hydrogen-bond acceptors (Lipinski definition) is 8. The number of rotatable bonds is 8. The normalized spacial score (nSPS) is 25.8. The van der Waals surface area contributed by atoms with Crippen LogP contribution >= 0.6 is 0 Å². The molecule has 8 heteroatoms. The van der Waals surface area contributed by atoms with E-state index in [4.69, 9.17) is 33.2 Å². The molecule has 0 N–H and O–H groups in total. The molecule has 6 atom stereocenters. The molecule has 0 radical (unpaired) electrons. The first-order chi connectivity index (χ1) is 21.7. The first kappa shape index (κ1) is 28.7. The molecule has 0 bridgehead atoms. The smallest absolute Gasteiger partial charge is 0.433 e. The van der Waals surface area contributed by atoms with E-state index in [-0.39, 0.29) is 25.7 Å². The van der Waals surface area contributed by atoms with Crippen molar-refractivity contribution in [1.82, 2.24) is 0 Å². The third-order valence-electron chi connectivity index (χ3n) is 8.44. The van der Waals surface area contributed by atoms with Gasteiger partial charge in [-0.25, -0.2) is 4.79 Å². The second kappa shape index (κ2) is 12.9. The third kappa shape index (κ3) is 5.75. The second-order valence-electron chi connectivity index (χ2n) is 11.1. The Hall–Kier alpha value is -4.05. The Kier molecular flexibility index (Phi) is 8.41. The number of ether oxygens (including phenoxy) is 7. The Morgan fingerprint density at radius 3 is 2.09 bits per heavy atom. The zero-order valence-electron chi connectivity index (χ0n) is 24.3. The summed E-state index contributed by atoms with van der Waals surface area (Å²) < 4.78 is 42.6. The summed E-state index contributed by atoms with van der Waals surface area (Å²) in [5.41, 5.74) is 6.35. The van der Waals surface area contributed by atoms with Crippen LogP contribution in [0.4, 0.5) is 4.79 Å². The molecule has 2 fully saturated rings. The highest BCUT2D eigenvalue weighted by molar-refractivity contribution is 5.79. The molecule has 0 spiro atoms. The molecule has 7 rings (SSSR count). The number of fused-ring (bicyclic) bond motifs is 4. The molecular formula is C36H34O8. The van der Waals surface area contributed by atoms with E-state index in [0.717, 1.165) is 33.4 Å². The van der Waals surface area contributed by atoms with Crippen molar-refractivity contribution in [2.24, 2.45) is 0 Å². The summed E-state index contributed by atoms with van der Waals surface area (Å²) in [5, 5.41) is 0. The molecule has 226 valence electrons. The quantitative estimate of drug-likeness (QED) is 0.217. The van der Waals surface area contributed by atoms with Crippen LogP contribution in [0.3, 0.4) is 0 Å². The van der Waals surface area contributed by atoms with Gasteiger partial charge in [-0.1, -0.05) is 109 Å². The molecule has 1 aliphatic carbocycles. The topological polar surface area (TPSA) is 81.7 Å². The number of carbonyl (C=O) groups excluding carboxylic acids is 1. The largest absolute Gasteiger partial charge is 0.508 e. The summed E-state index contributed by atoms with van der Waals surface area (Å²) in [5.74, 6) is -0.101. The van der Waals surface area contributed by atoms with E-state index in [1.54, 1.807) is 0 Å². The highest BCUT2D eigenvalue weighted by Gasteiger charge is 2.53. The lowest BCUT2D eigenvalue weighted by atomic mass is 9.97. The molecule has 4 aromatic carbocycles. The van der Waals surface area contributed by atoms with E-state index in [9.17, 15) is 4.79 Å². The van der Waals surface area contributed by atoms with Crippen LogP contribution in [0.2, 0.25) is 0 Å². The zero-order chi connectivity index (χ0) is 29.9. The number of hydrogen-bond donors (Lipinski definition) is 0. The molecular weight excluding hydrogens is 560 g/mol. The maximum atomic E-state index is 13.5. The average Bonchev–Trinajstić information content (AvgIpc) is 3.40. The van der Waals surface area contributed by atoms with Crippen LogP contribution in [0, 0.1) is 0 Å². The van der Waals surface area contributed by atoms with Crippen molar-refractivity contribution in [3.63, 3.8) is 0 Å². The van der Waals surface area contributed by atoms with Gasteiger partial charge in [-0.05, 0) is 27.8 Å². The van der Waals surface area contributed by atoms with E-state index >= 15 is 0 Å². The Bertz CT molecular complexity index is 1510. The number of benzene rings is 4. The van der Waals surface area contributed by atoms with Crippen LogP contribution in [0.15, 0.2) is 109 Å². The van der Waals surface area contributed by atoms with E-state index in [1.165, 1.54) is 7.11 Å². The van der Waals surface area contributed by atoms with Gasteiger partial charge in [-0.2, -0.15) is 0 Å². The number of carbonyl (C=O) groups is 1. The Morgan fingerprint density at radius 1 is 0.773 bits per heavy atom. The predicted octanol–water partition coefficient (Wildman–Crippen LogP) is 6.39. The fourth-order valence-corrected chi connectivity index (χ4v) is 6.33. The second-order valence-corrected chi connectivity index (χ2v) is 11.1. The third-order valence-corrected chi connectivity index (χ3v) is 8.44. The summed E-state index contributed by atoms with van der Waals surface area (Å²) in [6.45, 7) is 0.610. The van der Waals surface area contributed by atoms with Gasteiger partial charge in [0.25, 0.3) is 0 Å².